The Bertz CT molecular complexity index is 757. The highest BCUT2D eigenvalue weighted by Gasteiger charge is 2.40. The van der Waals surface area contributed by atoms with Crippen molar-refractivity contribution in [3.63, 3.8) is 0 Å². The Morgan fingerprint density at radius 1 is 1.03 bits per heavy atom. The second-order valence-corrected chi connectivity index (χ2v) is 7.76. The highest BCUT2D eigenvalue weighted by molar-refractivity contribution is 5.96. The molecule has 0 aromatic carbocycles. The average Bonchev–Trinajstić information content (AvgIpc) is 3.18. The lowest BCUT2D eigenvalue weighted by molar-refractivity contribution is -0.148. The molecule has 1 aliphatic rings. The molecule has 0 saturated carbocycles. The van der Waals surface area contributed by atoms with E-state index in [2.05, 4.69) is 10.6 Å². The fraction of sp³-hybridized carbons (Fsp3) is 0.684. The van der Waals surface area contributed by atoms with Crippen LogP contribution in [0.1, 0.15) is 46.0 Å². The van der Waals surface area contributed by atoms with Crippen LogP contribution in [0.15, 0.2) is 0 Å². The molecule has 0 aliphatic carbocycles. The Labute approximate surface area is 184 Å². The normalized spacial score (nSPS) is 19.3. The predicted octanol–water partition coefficient (Wildman–Crippen LogP) is -1.65. The summed E-state index contributed by atoms with van der Waals surface area (Å²) < 4.78 is 0. The minimum absolute atomic E-state index is 0.102. The van der Waals surface area contributed by atoms with Crippen molar-refractivity contribution in [1.29, 1.82) is 0 Å². The van der Waals surface area contributed by atoms with Crippen LogP contribution in [0.2, 0.25) is 0 Å². The highest BCUT2D eigenvalue weighted by Crippen LogP contribution is 2.20. The maximum absolute atomic E-state index is 13.0. The Hall–Kier alpha value is -3.22. The van der Waals surface area contributed by atoms with Crippen molar-refractivity contribution in [3.8, 4) is 0 Å². The zero-order valence-electron chi connectivity index (χ0n) is 17.9. The van der Waals surface area contributed by atoms with Gasteiger partial charge < -0.3 is 36.6 Å². The summed E-state index contributed by atoms with van der Waals surface area (Å²) in [6.07, 6.45) is -0.387. The van der Waals surface area contributed by atoms with Crippen LogP contribution in [-0.4, -0.2) is 86.6 Å². The summed E-state index contributed by atoms with van der Waals surface area (Å²) in [5.74, 6) is -6.89. The van der Waals surface area contributed by atoms with Gasteiger partial charge in [0, 0.05) is 6.54 Å². The molecular weight excluding hydrogens is 428 g/mol. The zero-order chi connectivity index (χ0) is 24.6. The molecule has 32 heavy (non-hydrogen) atoms. The van der Waals surface area contributed by atoms with E-state index < -0.39 is 72.6 Å². The minimum Gasteiger partial charge on any atom is -0.481 e. The lowest BCUT2D eigenvalue weighted by atomic mass is 9.98. The summed E-state index contributed by atoms with van der Waals surface area (Å²) >= 11 is 0. The first-order valence-corrected chi connectivity index (χ1v) is 10.2. The van der Waals surface area contributed by atoms with Gasteiger partial charge in [0.25, 0.3) is 0 Å². The number of nitrogens with two attached hydrogens (primary N) is 1. The molecule has 0 spiro atoms. The third-order valence-corrected chi connectivity index (χ3v) is 5.34. The van der Waals surface area contributed by atoms with E-state index in [0.717, 1.165) is 4.90 Å². The SMILES string of the molecule is CCC(C)C(NC(=O)C1CCCN1C(=O)C(CC(=O)O)NC(=O)C(N)CC(=O)O)C(=O)O. The van der Waals surface area contributed by atoms with Gasteiger partial charge in [-0.05, 0) is 18.8 Å². The molecule has 0 bridgehead atoms. The van der Waals surface area contributed by atoms with Crippen molar-refractivity contribution in [2.75, 3.05) is 6.54 Å². The molecule has 1 rings (SSSR count). The van der Waals surface area contributed by atoms with Gasteiger partial charge in [0.05, 0.1) is 18.9 Å². The molecule has 180 valence electrons. The molecule has 0 aromatic heterocycles. The number of carboxylic acids is 3. The van der Waals surface area contributed by atoms with Crippen molar-refractivity contribution in [1.82, 2.24) is 15.5 Å². The van der Waals surface area contributed by atoms with E-state index in [4.69, 9.17) is 15.9 Å². The van der Waals surface area contributed by atoms with Crippen LogP contribution in [0.5, 0.6) is 0 Å². The van der Waals surface area contributed by atoms with Gasteiger partial charge >= 0.3 is 17.9 Å². The Kier molecular flexibility index (Phi) is 10.0. The highest BCUT2D eigenvalue weighted by atomic mass is 16.4. The summed E-state index contributed by atoms with van der Waals surface area (Å²) in [6, 6.07) is -5.26. The van der Waals surface area contributed by atoms with Gasteiger partial charge in [0.2, 0.25) is 17.7 Å². The first kappa shape index (κ1) is 26.8. The molecular formula is C19H30N4O9. The first-order valence-electron chi connectivity index (χ1n) is 10.2. The molecule has 1 aliphatic heterocycles. The van der Waals surface area contributed by atoms with Gasteiger partial charge in [0.1, 0.15) is 18.1 Å². The number of hydrogen-bond donors (Lipinski definition) is 6. The Morgan fingerprint density at radius 2 is 1.62 bits per heavy atom. The number of aliphatic carboxylic acids is 3. The number of rotatable bonds is 12. The van der Waals surface area contributed by atoms with Gasteiger partial charge in [-0.15, -0.1) is 0 Å². The van der Waals surface area contributed by atoms with Crippen molar-refractivity contribution >= 4 is 35.6 Å². The maximum Gasteiger partial charge on any atom is 0.326 e. The molecule has 7 N–H and O–H groups in total. The number of hydrogen-bond acceptors (Lipinski definition) is 7. The number of nitrogens with zero attached hydrogens (tertiary/aromatic N) is 1. The number of carboxylic acid groups (broad SMARTS) is 3. The number of nitrogens with one attached hydrogen (secondary N) is 2. The lowest BCUT2D eigenvalue weighted by Crippen LogP contribution is -2.57. The topological polar surface area (TPSA) is 216 Å². The van der Waals surface area contributed by atoms with Crippen LogP contribution in [0.25, 0.3) is 0 Å². The number of likely N-dealkylation sites (tertiary alicyclic amines) is 1. The minimum atomic E-state index is -1.57. The van der Waals surface area contributed by atoms with E-state index in [1.807, 2.05) is 0 Å². The second-order valence-electron chi connectivity index (χ2n) is 7.76. The molecule has 0 radical (unpaired) electrons. The number of carbonyl (C=O) groups excluding carboxylic acids is 3. The molecule has 1 saturated heterocycles. The first-order chi connectivity index (χ1) is 14.9. The van der Waals surface area contributed by atoms with Crippen LogP contribution in [0.3, 0.4) is 0 Å². The molecule has 13 heteroatoms. The fourth-order valence-electron chi connectivity index (χ4n) is 3.37. The van der Waals surface area contributed by atoms with E-state index >= 15 is 0 Å². The Morgan fingerprint density at radius 3 is 2.12 bits per heavy atom. The summed E-state index contributed by atoms with van der Waals surface area (Å²) in [5.41, 5.74) is 5.47. The summed E-state index contributed by atoms with van der Waals surface area (Å²) in [7, 11) is 0. The van der Waals surface area contributed by atoms with Gasteiger partial charge in [0.15, 0.2) is 0 Å². The lowest BCUT2D eigenvalue weighted by Gasteiger charge is -2.30. The standard InChI is InChI=1S/C19H30N4O9/c1-3-9(2)15(19(31)32)22-17(29)12-5-4-6-23(12)18(30)11(8-14(26)27)21-16(28)10(20)7-13(24)25/h9-12,15H,3-8,20H2,1-2H3,(H,21,28)(H,22,29)(H,24,25)(H,26,27)(H,31,32). The molecule has 5 unspecified atom stereocenters. The third kappa shape index (κ3) is 7.48. The second kappa shape index (κ2) is 12.0. The predicted molar refractivity (Wildman–Crippen MR) is 108 cm³/mol. The molecule has 1 fully saturated rings. The molecule has 13 nitrogen and oxygen atoms in total. The largest absolute Gasteiger partial charge is 0.481 e. The van der Waals surface area contributed by atoms with Gasteiger partial charge in [-0.2, -0.15) is 0 Å². The van der Waals surface area contributed by atoms with Crippen LogP contribution < -0.4 is 16.4 Å². The van der Waals surface area contributed by atoms with Crippen LogP contribution in [0, 0.1) is 5.92 Å². The molecule has 3 amide bonds. The van der Waals surface area contributed by atoms with Crippen molar-refractivity contribution in [2.45, 2.75) is 70.1 Å². The average molecular weight is 458 g/mol. The number of amides is 3. The van der Waals surface area contributed by atoms with Gasteiger partial charge in [-0.3, -0.25) is 24.0 Å². The monoisotopic (exact) mass is 458 g/mol. The summed E-state index contributed by atoms with van der Waals surface area (Å²) in [6.45, 7) is 3.53. The molecule has 5 atom stereocenters. The molecule has 0 aromatic rings. The zero-order valence-corrected chi connectivity index (χ0v) is 17.9. The van der Waals surface area contributed by atoms with Crippen molar-refractivity contribution in [3.05, 3.63) is 0 Å². The van der Waals surface area contributed by atoms with Crippen LogP contribution in [0.4, 0.5) is 0 Å². The van der Waals surface area contributed by atoms with E-state index in [9.17, 15) is 33.9 Å². The Balaban J connectivity index is 2.99. The van der Waals surface area contributed by atoms with Gasteiger partial charge in [-0.25, -0.2) is 4.79 Å². The van der Waals surface area contributed by atoms with E-state index in [1.54, 1.807) is 13.8 Å². The van der Waals surface area contributed by atoms with Crippen LogP contribution >= 0.6 is 0 Å². The van der Waals surface area contributed by atoms with Crippen molar-refractivity contribution < 1.29 is 44.1 Å². The summed E-state index contributed by atoms with van der Waals surface area (Å²) in [5, 5.41) is 31.8. The maximum atomic E-state index is 13.0. The number of carbonyl (C=O) groups is 6. The van der Waals surface area contributed by atoms with E-state index in [1.165, 1.54) is 0 Å². The van der Waals surface area contributed by atoms with E-state index in [0.29, 0.717) is 12.8 Å². The smallest absolute Gasteiger partial charge is 0.326 e. The third-order valence-electron chi connectivity index (χ3n) is 5.34. The van der Waals surface area contributed by atoms with Crippen molar-refractivity contribution in [2.24, 2.45) is 11.7 Å². The fourth-order valence-corrected chi connectivity index (χ4v) is 3.37. The quantitative estimate of drug-likeness (QED) is 0.196. The summed E-state index contributed by atoms with van der Waals surface area (Å²) in [4.78, 5) is 72.4. The van der Waals surface area contributed by atoms with Crippen LogP contribution in [-0.2, 0) is 28.8 Å². The van der Waals surface area contributed by atoms with E-state index in [-0.39, 0.29) is 18.9 Å². The van der Waals surface area contributed by atoms with Gasteiger partial charge in [-0.1, -0.05) is 20.3 Å². The molecule has 1 heterocycles.